The first-order valence-corrected chi connectivity index (χ1v) is 4.61. The predicted molar refractivity (Wildman–Crippen MR) is 51.3 cm³/mol. The van der Waals surface area contributed by atoms with Gasteiger partial charge in [0.1, 0.15) is 5.82 Å². The molecule has 3 heteroatoms. The molecule has 1 nitrogen and oxygen atoms in total. The highest BCUT2D eigenvalue weighted by atomic mass is 19.1. The van der Waals surface area contributed by atoms with Crippen molar-refractivity contribution in [3.05, 3.63) is 29.3 Å². The molecular formula is C11H14F2O. The van der Waals surface area contributed by atoms with E-state index >= 15 is 0 Å². The number of aromatic hydroxyl groups is 1. The second-order valence-electron chi connectivity index (χ2n) is 3.86. The lowest BCUT2D eigenvalue weighted by Gasteiger charge is -2.17. The normalized spacial score (nSPS) is 13.3. The Kier molecular flexibility index (Phi) is 3.09. The van der Waals surface area contributed by atoms with Gasteiger partial charge in [0.15, 0.2) is 11.6 Å². The first-order chi connectivity index (χ1) is 6.43. The summed E-state index contributed by atoms with van der Waals surface area (Å²) in [5, 5.41) is 9.40. The van der Waals surface area contributed by atoms with Crippen LogP contribution in [0.15, 0.2) is 12.1 Å². The number of hydrogen-bond donors (Lipinski definition) is 1. The van der Waals surface area contributed by atoms with Gasteiger partial charge in [-0.1, -0.05) is 20.8 Å². The molecule has 0 aliphatic rings. The fraction of sp³-hybridized carbons (Fsp3) is 0.455. The van der Waals surface area contributed by atoms with Gasteiger partial charge in [0.2, 0.25) is 0 Å². The number of phenols is 1. The Labute approximate surface area is 82.4 Å². The van der Waals surface area contributed by atoms with Crippen molar-refractivity contribution in [2.75, 3.05) is 0 Å². The molecule has 0 heterocycles. The summed E-state index contributed by atoms with van der Waals surface area (Å²) in [5.74, 6) is -1.83. The van der Waals surface area contributed by atoms with E-state index in [1.54, 1.807) is 0 Å². The number of benzene rings is 1. The van der Waals surface area contributed by atoms with Crippen LogP contribution in [0.5, 0.6) is 5.75 Å². The van der Waals surface area contributed by atoms with E-state index in [2.05, 4.69) is 0 Å². The molecule has 78 valence electrons. The molecule has 1 N–H and O–H groups in total. The predicted octanol–water partition coefficient (Wildman–Crippen LogP) is 3.43. The smallest absolute Gasteiger partial charge is 0.168 e. The first kappa shape index (κ1) is 11.0. The molecule has 1 aromatic carbocycles. The maximum atomic E-state index is 13.0. The summed E-state index contributed by atoms with van der Waals surface area (Å²) in [6.45, 7) is 5.71. The molecule has 1 rings (SSSR count). The highest BCUT2D eigenvalue weighted by Crippen LogP contribution is 2.33. The van der Waals surface area contributed by atoms with Gasteiger partial charge in [-0.05, 0) is 17.9 Å². The molecule has 14 heavy (non-hydrogen) atoms. The Hall–Kier alpha value is -1.12. The Bertz CT molecular complexity index is 334. The van der Waals surface area contributed by atoms with Crippen LogP contribution in [0.25, 0.3) is 0 Å². The van der Waals surface area contributed by atoms with Crippen LogP contribution in [0.3, 0.4) is 0 Å². The fourth-order valence-corrected chi connectivity index (χ4v) is 1.29. The maximum Gasteiger partial charge on any atom is 0.168 e. The largest absolute Gasteiger partial charge is 0.505 e. The van der Waals surface area contributed by atoms with E-state index in [1.807, 2.05) is 20.8 Å². The second-order valence-corrected chi connectivity index (χ2v) is 3.86. The Morgan fingerprint density at radius 1 is 1.14 bits per heavy atom. The van der Waals surface area contributed by atoms with Gasteiger partial charge in [0.25, 0.3) is 0 Å². The minimum atomic E-state index is -0.896. The molecule has 0 amide bonds. The van der Waals surface area contributed by atoms with Gasteiger partial charge in [-0.2, -0.15) is 0 Å². The molecule has 0 spiro atoms. The molecule has 0 bridgehead atoms. The van der Waals surface area contributed by atoms with Gasteiger partial charge in [-0.3, -0.25) is 0 Å². The summed E-state index contributed by atoms with van der Waals surface area (Å²) < 4.78 is 25.9. The molecule has 0 aliphatic carbocycles. The van der Waals surface area contributed by atoms with E-state index in [0.29, 0.717) is 11.6 Å². The van der Waals surface area contributed by atoms with Crippen LogP contribution < -0.4 is 0 Å². The zero-order chi connectivity index (χ0) is 10.9. The third-order valence-electron chi connectivity index (χ3n) is 2.55. The fourth-order valence-electron chi connectivity index (χ4n) is 1.29. The molecule has 0 radical (unpaired) electrons. The molecule has 1 unspecified atom stereocenters. The number of hydrogen-bond acceptors (Lipinski definition) is 1. The van der Waals surface area contributed by atoms with Gasteiger partial charge in [0.05, 0.1) is 0 Å². The third-order valence-corrected chi connectivity index (χ3v) is 2.55. The maximum absolute atomic E-state index is 13.0. The number of phenolic OH excluding ortho intramolecular Hbond substituents is 1. The zero-order valence-corrected chi connectivity index (χ0v) is 8.51. The lowest BCUT2D eigenvalue weighted by atomic mass is 9.89. The third kappa shape index (κ3) is 2.03. The van der Waals surface area contributed by atoms with E-state index in [4.69, 9.17) is 0 Å². The van der Waals surface area contributed by atoms with Crippen molar-refractivity contribution in [1.29, 1.82) is 0 Å². The molecular weight excluding hydrogens is 186 g/mol. The summed E-state index contributed by atoms with van der Waals surface area (Å²) in [4.78, 5) is 0. The summed E-state index contributed by atoms with van der Waals surface area (Å²) in [6.07, 6.45) is 0. The van der Waals surface area contributed by atoms with Crippen LogP contribution in [-0.4, -0.2) is 5.11 Å². The van der Waals surface area contributed by atoms with Gasteiger partial charge < -0.3 is 5.11 Å². The lowest BCUT2D eigenvalue weighted by molar-refractivity contribution is 0.406. The average Bonchev–Trinajstić information content (AvgIpc) is 2.09. The Morgan fingerprint density at radius 3 is 2.21 bits per heavy atom. The number of rotatable bonds is 2. The minimum absolute atomic E-state index is 0.0693. The highest BCUT2D eigenvalue weighted by molar-refractivity contribution is 5.36. The Balaban J connectivity index is 3.20. The van der Waals surface area contributed by atoms with Gasteiger partial charge in [-0.15, -0.1) is 0 Å². The van der Waals surface area contributed by atoms with E-state index in [0.717, 1.165) is 0 Å². The van der Waals surface area contributed by atoms with E-state index in [1.165, 1.54) is 6.07 Å². The van der Waals surface area contributed by atoms with Crippen molar-refractivity contribution in [3.8, 4) is 5.75 Å². The van der Waals surface area contributed by atoms with Crippen molar-refractivity contribution in [2.24, 2.45) is 5.92 Å². The van der Waals surface area contributed by atoms with Crippen LogP contribution in [0, 0.1) is 17.6 Å². The monoisotopic (exact) mass is 200 g/mol. The van der Waals surface area contributed by atoms with Gasteiger partial charge in [0, 0.05) is 11.6 Å². The highest BCUT2D eigenvalue weighted by Gasteiger charge is 2.18. The van der Waals surface area contributed by atoms with Crippen molar-refractivity contribution in [3.63, 3.8) is 0 Å². The van der Waals surface area contributed by atoms with Crippen LogP contribution >= 0.6 is 0 Å². The van der Waals surface area contributed by atoms with Gasteiger partial charge in [-0.25, -0.2) is 8.78 Å². The number of halogens is 2. The Morgan fingerprint density at radius 2 is 1.71 bits per heavy atom. The van der Waals surface area contributed by atoms with Gasteiger partial charge >= 0.3 is 0 Å². The molecule has 1 atom stereocenters. The van der Waals surface area contributed by atoms with Crippen LogP contribution in [-0.2, 0) is 0 Å². The summed E-state index contributed by atoms with van der Waals surface area (Å²) in [6, 6.07) is 1.87. The van der Waals surface area contributed by atoms with Crippen LogP contribution in [0.1, 0.15) is 32.3 Å². The van der Waals surface area contributed by atoms with E-state index in [9.17, 15) is 13.9 Å². The van der Waals surface area contributed by atoms with Crippen LogP contribution in [0.4, 0.5) is 8.78 Å². The van der Waals surface area contributed by atoms with Crippen molar-refractivity contribution in [2.45, 2.75) is 26.7 Å². The SMILES string of the molecule is CC(C)C(C)c1cc(F)cc(F)c1O. The summed E-state index contributed by atoms with van der Waals surface area (Å²) in [7, 11) is 0. The molecule has 1 aromatic rings. The molecule has 0 saturated heterocycles. The lowest BCUT2D eigenvalue weighted by Crippen LogP contribution is -2.03. The van der Waals surface area contributed by atoms with Crippen molar-refractivity contribution >= 4 is 0 Å². The minimum Gasteiger partial charge on any atom is -0.505 e. The summed E-state index contributed by atoms with van der Waals surface area (Å²) in [5.41, 5.74) is 0.331. The first-order valence-electron chi connectivity index (χ1n) is 4.61. The molecule has 0 aliphatic heterocycles. The average molecular weight is 200 g/mol. The van der Waals surface area contributed by atoms with Crippen molar-refractivity contribution < 1.29 is 13.9 Å². The standard InChI is InChI=1S/C11H14F2O/c1-6(2)7(3)9-4-8(12)5-10(13)11(9)14/h4-7,14H,1-3H3. The van der Waals surface area contributed by atoms with E-state index < -0.39 is 17.4 Å². The molecule has 0 saturated carbocycles. The zero-order valence-electron chi connectivity index (χ0n) is 8.51. The summed E-state index contributed by atoms with van der Waals surface area (Å²) >= 11 is 0. The molecule has 0 aromatic heterocycles. The van der Waals surface area contributed by atoms with Crippen molar-refractivity contribution in [1.82, 2.24) is 0 Å². The second kappa shape index (κ2) is 3.95. The quantitative estimate of drug-likeness (QED) is 0.775. The van der Waals surface area contributed by atoms with Crippen LogP contribution in [0.2, 0.25) is 0 Å². The molecule has 0 fully saturated rings. The van der Waals surface area contributed by atoms with E-state index in [-0.39, 0.29) is 11.8 Å². The topological polar surface area (TPSA) is 20.2 Å².